The third kappa shape index (κ3) is 3.29. The molecule has 1 fully saturated rings. The Balaban J connectivity index is 1.54. The van der Waals surface area contributed by atoms with E-state index in [1.54, 1.807) is 0 Å². The predicted octanol–water partition coefficient (Wildman–Crippen LogP) is 2.99. The molecule has 0 saturated heterocycles. The van der Waals surface area contributed by atoms with Gasteiger partial charge < -0.3 is 10.6 Å². The zero-order chi connectivity index (χ0) is 15.4. The second-order valence-corrected chi connectivity index (χ2v) is 6.61. The number of amides is 1. The summed E-state index contributed by atoms with van der Waals surface area (Å²) in [5, 5.41) is 14.2. The SMILES string of the molecule is N#CNC[C@H]1C[C@H](NC(=O)c2ccc(-c3ccccc3)s2)C1. The van der Waals surface area contributed by atoms with Crippen LogP contribution in [0.3, 0.4) is 0 Å². The summed E-state index contributed by atoms with van der Waals surface area (Å²) in [4.78, 5) is 14.1. The number of benzene rings is 1. The minimum absolute atomic E-state index is 0.00359. The van der Waals surface area contributed by atoms with Crippen LogP contribution >= 0.6 is 11.3 Å². The minimum Gasteiger partial charge on any atom is -0.349 e. The summed E-state index contributed by atoms with van der Waals surface area (Å²) in [6.07, 6.45) is 3.81. The molecule has 2 aromatic rings. The van der Waals surface area contributed by atoms with Crippen molar-refractivity contribution in [2.24, 2.45) is 5.92 Å². The molecule has 112 valence electrons. The van der Waals surface area contributed by atoms with Gasteiger partial charge in [-0.25, -0.2) is 0 Å². The number of hydrogen-bond donors (Lipinski definition) is 2. The van der Waals surface area contributed by atoms with Gasteiger partial charge >= 0.3 is 0 Å². The van der Waals surface area contributed by atoms with E-state index in [4.69, 9.17) is 5.26 Å². The number of rotatable bonds is 5. The summed E-state index contributed by atoms with van der Waals surface area (Å²) in [6.45, 7) is 0.708. The molecule has 1 aliphatic rings. The third-order valence-electron chi connectivity index (χ3n) is 3.93. The van der Waals surface area contributed by atoms with Crippen LogP contribution in [0, 0.1) is 17.4 Å². The average Bonchev–Trinajstić information content (AvgIpc) is 3.00. The van der Waals surface area contributed by atoms with E-state index in [2.05, 4.69) is 10.6 Å². The Bertz CT molecular complexity index is 683. The third-order valence-corrected chi connectivity index (χ3v) is 5.06. The molecule has 4 nitrogen and oxygen atoms in total. The van der Waals surface area contributed by atoms with Gasteiger partial charge in [0.05, 0.1) is 4.88 Å². The van der Waals surface area contributed by atoms with Crippen molar-refractivity contribution in [3.63, 3.8) is 0 Å². The van der Waals surface area contributed by atoms with Crippen LogP contribution in [-0.4, -0.2) is 18.5 Å². The van der Waals surface area contributed by atoms with Crippen molar-refractivity contribution in [2.75, 3.05) is 6.54 Å². The highest BCUT2D eigenvalue weighted by molar-refractivity contribution is 7.17. The number of carbonyl (C=O) groups is 1. The first-order chi connectivity index (χ1) is 10.8. The lowest BCUT2D eigenvalue weighted by molar-refractivity contribution is 0.0894. The van der Waals surface area contributed by atoms with Gasteiger partial charge in [-0.2, -0.15) is 5.26 Å². The molecule has 1 amide bonds. The molecule has 3 rings (SSSR count). The first-order valence-corrected chi connectivity index (χ1v) is 8.16. The molecule has 1 heterocycles. The van der Waals surface area contributed by atoms with Crippen LogP contribution in [0.5, 0.6) is 0 Å². The topological polar surface area (TPSA) is 64.9 Å². The lowest BCUT2D eigenvalue weighted by Gasteiger charge is -2.35. The summed E-state index contributed by atoms with van der Waals surface area (Å²) in [7, 11) is 0. The normalized spacial score (nSPS) is 19.8. The molecular formula is C17H17N3OS. The number of thiophene rings is 1. The van der Waals surface area contributed by atoms with E-state index in [0.29, 0.717) is 12.5 Å². The summed E-state index contributed by atoms with van der Waals surface area (Å²) < 4.78 is 0. The fraction of sp³-hybridized carbons (Fsp3) is 0.294. The quantitative estimate of drug-likeness (QED) is 0.659. The van der Waals surface area contributed by atoms with E-state index in [1.165, 1.54) is 11.3 Å². The smallest absolute Gasteiger partial charge is 0.261 e. The van der Waals surface area contributed by atoms with Gasteiger partial charge in [0.25, 0.3) is 5.91 Å². The largest absolute Gasteiger partial charge is 0.349 e. The van der Waals surface area contributed by atoms with E-state index in [1.807, 2.05) is 48.7 Å². The standard InChI is InChI=1S/C17H17N3OS/c18-11-19-10-12-8-14(9-12)20-17(21)16-7-6-15(22-16)13-4-2-1-3-5-13/h1-7,12,14,19H,8-10H2,(H,20,21)/t12-,14-. The molecule has 0 unspecified atom stereocenters. The van der Waals surface area contributed by atoms with Gasteiger partial charge in [0.2, 0.25) is 0 Å². The summed E-state index contributed by atoms with van der Waals surface area (Å²) in [5.41, 5.74) is 1.14. The summed E-state index contributed by atoms with van der Waals surface area (Å²) >= 11 is 1.52. The average molecular weight is 311 g/mol. The zero-order valence-corrected chi connectivity index (χ0v) is 12.9. The molecule has 0 aliphatic heterocycles. The van der Waals surface area contributed by atoms with Crippen LogP contribution in [0.1, 0.15) is 22.5 Å². The van der Waals surface area contributed by atoms with Crippen LogP contribution in [0.4, 0.5) is 0 Å². The van der Waals surface area contributed by atoms with Crippen molar-refractivity contribution >= 4 is 17.2 Å². The lowest BCUT2D eigenvalue weighted by Crippen LogP contribution is -2.46. The monoisotopic (exact) mass is 311 g/mol. The summed E-state index contributed by atoms with van der Waals surface area (Å²) in [5.74, 6) is 0.497. The van der Waals surface area contributed by atoms with Gasteiger partial charge in [0.15, 0.2) is 6.19 Å². The number of carbonyl (C=O) groups excluding carboxylic acids is 1. The number of nitrogens with one attached hydrogen (secondary N) is 2. The second-order valence-electron chi connectivity index (χ2n) is 5.53. The molecule has 22 heavy (non-hydrogen) atoms. The zero-order valence-electron chi connectivity index (χ0n) is 12.1. The van der Waals surface area contributed by atoms with Gasteiger partial charge in [-0.1, -0.05) is 30.3 Å². The molecule has 5 heteroatoms. The van der Waals surface area contributed by atoms with Crippen molar-refractivity contribution in [2.45, 2.75) is 18.9 Å². The predicted molar refractivity (Wildman–Crippen MR) is 87.3 cm³/mol. The fourth-order valence-corrected chi connectivity index (χ4v) is 3.60. The van der Waals surface area contributed by atoms with E-state index >= 15 is 0 Å². The van der Waals surface area contributed by atoms with Crippen molar-refractivity contribution < 1.29 is 4.79 Å². The first-order valence-electron chi connectivity index (χ1n) is 7.34. The number of hydrogen-bond acceptors (Lipinski definition) is 4. The van der Waals surface area contributed by atoms with Gasteiger partial charge in [-0.15, -0.1) is 11.3 Å². The fourth-order valence-electron chi connectivity index (χ4n) is 2.68. The van der Waals surface area contributed by atoms with Crippen molar-refractivity contribution in [1.82, 2.24) is 10.6 Å². The number of nitrogens with zero attached hydrogens (tertiary/aromatic N) is 1. The summed E-state index contributed by atoms with van der Waals surface area (Å²) in [6, 6.07) is 14.2. The maximum absolute atomic E-state index is 12.2. The molecule has 1 aromatic carbocycles. The van der Waals surface area contributed by atoms with Crippen LogP contribution in [0.25, 0.3) is 10.4 Å². The molecular weight excluding hydrogens is 294 g/mol. The number of nitriles is 1. The van der Waals surface area contributed by atoms with Gasteiger partial charge in [-0.3, -0.25) is 4.79 Å². The maximum atomic E-state index is 12.2. The molecule has 0 spiro atoms. The van der Waals surface area contributed by atoms with Crippen molar-refractivity contribution in [3.05, 3.63) is 47.3 Å². The Hall–Kier alpha value is -2.32. The van der Waals surface area contributed by atoms with Gasteiger partial charge in [0.1, 0.15) is 0 Å². The Morgan fingerprint density at radius 2 is 2.00 bits per heavy atom. The maximum Gasteiger partial charge on any atom is 0.261 e. The van der Waals surface area contributed by atoms with Crippen LogP contribution in [0.2, 0.25) is 0 Å². The molecule has 2 N–H and O–H groups in total. The Labute approximate surface area is 133 Å². The first kappa shape index (κ1) is 14.6. The molecule has 0 atom stereocenters. The minimum atomic E-state index is 0.00359. The van der Waals surface area contributed by atoms with Crippen molar-refractivity contribution in [1.29, 1.82) is 5.26 Å². The lowest BCUT2D eigenvalue weighted by atomic mass is 9.80. The Kier molecular flexibility index (Phi) is 4.40. The highest BCUT2D eigenvalue weighted by Crippen LogP contribution is 2.30. The molecule has 0 radical (unpaired) electrons. The van der Waals surface area contributed by atoms with Crippen molar-refractivity contribution in [3.8, 4) is 16.6 Å². The highest BCUT2D eigenvalue weighted by atomic mass is 32.1. The Morgan fingerprint density at radius 3 is 2.73 bits per heavy atom. The molecule has 1 aromatic heterocycles. The van der Waals surface area contributed by atoms with Gasteiger partial charge in [0, 0.05) is 17.5 Å². The van der Waals surface area contributed by atoms with Crippen LogP contribution in [-0.2, 0) is 0 Å². The Morgan fingerprint density at radius 1 is 1.23 bits per heavy atom. The van der Waals surface area contributed by atoms with Crippen LogP contribution < -0.4 is 10.6 Å². The molecule has 1 aliphatic carbocycles. The van der Waals surface area contributed by atoms with E-state index in [-0.39, 0.29) is 11.9 Å². The van der Waals surface area contributed by atoms with Gasteiger partial charge in [-0.05, 0) is 36.5 Å². The van der Waals surface area contributed by atoms with E-state index in [0.717, 1.165) is 28.2 Å². The second kappa shape index (κ2) is 6.63. The van der Waals surface area contributed by atoms with E-state index < -0.39 is 0 Å². The van der Waals surface area contributed by atoms with Crippen LogP contribution in [0.15, 0.2) is 42.5 Å². The van der Waals surface area contributed by atoms with E-state index in [9.17, 15) is 4.79 Å². The molecule has 1 saturated carbocycles. The highest BCUT2D eigenvalue weighted by Gasteiger charge is 2.30. The molecule has 0 bridgehead atoms.